The van der Waals surface area contributed by atoms with Crippen molar-refractivity contribution in [1.29, 1.82) is 0 Å². The van der Waals surface area contributed by atoms with Crippen molar-refractivity contribution in [1.82, 2.24) is 0 Å². The van der Waals surface area contributed by atoms with Crippen molar-refractivity contribution < 1.29 is 14.4 Å². The first kappa shape index (κ1) is 16.9. The summed E-state index contributed by atoms with van der Waals surface area (Å²) < 4.78 is 0. The molecule has 128 valence electrons. The number of carbonyl (C=O) groups excluding carboxylic acids is 2. The summed E-state index contributed by atoms with van der Waals surface area (Å²) in [5.74, 6) is -0.681. The Balaban J connectivity index is 1.88. The van der Waals surface area contributed by atoms with Crippen LogP contribution in [0.1, 0.15) is 57.1 Å². The molecule has 0 atom stereocenters. The van der Waals surface area contributed by atoms with E-state index in [-0.39, 0.29) is 17.0 Å². The molecule has 0 aromatic heterocycles. The molecule has 0 saturated heterocycles. The Morgan fingerprint density at radius 1 is 1.21 bits per heavy atom. The number of oxime groups is 1. The van der Waals surface area contributed by atoms with E-state index >= 15 is 0 Å². The Hall–Kier alpha value is -1.97. The van der Waals surface area contributed by atoms with Gasteiger partial charge in [-0.05, 0) is 37.3 Å². The molecule has 1 aromatic rings. The second-order valence-corrected chi connectivity index (χ2v) is 6.91. The van der Waals surface area contributed by atoms with Gasteiger partial charge in [0, 0.05) is 18.3 Å². The summed E-state index contributed by atoms with van der Waals surface area (Å²) >= 11 is 0. The molecule has 24 heavy (non-hydrogen) atoms. The van der Waals surface area contributed by atoms with Crippen molar-refractivity contribution in [3.05, 3.63) is 35.4 Å². The predicted octanol–water partition coefficient (Wildman–Crippen LogP) is 3.61. The maximum Gasteiger partial charge on any atom is 0.150 e. The molecule has 1 aromatic carbocycles. The van der Waals surface area contributed by atoms with Gasteiger partial charge in [0.2, 0.25) is 0 Å². The third-order valence-corrected chi connectivity index (χ3v) is 5.28. The van der Waals surface area contributed by atoms with Crippen LogP contribution in [0.25, 0.3) is 0 Å². The van der Waals surface area contributed by atoms with Crippen LogP contribution in [0.5, 0.6) is 0 Å². The molecule has 1 spiro atoms. The van der Waals surface area contributed by atoms with Gasteiger partial charge in [0.25, 0.3) is 0 Å². The highest BCUT2D eigenvalue weighted by molar-refractivity contribution is 6.22. The highest BCUT2D eigenvalue weighted by Gasteiger charge is 2.50. The summed E-state index contributed by atoms with van der Waals surface area (Å²) in [7, 11) is 0. The fourth-order valence-corrected chi connectivity index (χ4v) is 4.26. The Kier molecular flexibility index (Phi) is 4.83. The molecule has 2 aliphatic rings. The lowest BCUT2D eigenvalue weighted by Gasteiger charge is -2.36. The number of hydrogen-bond donors (Lipinski definition) is 0. The molecule has 0 bridgehead atoms. The number of carbonyl (C=O) groups is 2. The predicted molar refractivity (Wildman–Crippen MR) is 93.1 cm³/mol. The summed E-state index contributed by atoms with van der Waals surface area (Å²) in [6.07, 6.45) is 4.20. The van der Waals surface area contributed by atoms with Gasteiger partial charge >= 0.3 is 0 Å². The summed E-state index contributed by atoms with van der Waals surface area (Å²) in [5, 5.41) is 4.09. The van der Waals surface area contributed by atoms with E-state index < -0.39 is 5.92 Å². The molecule has 0 amide bonds. The van der Waals surface area contributed by atoms with Crippen molar-refractivity contribution in [3.8, 4) is 0 Å². The minimum atomic E-state index is -0.699. The van der Waals surface area contributed by atoms with E-state index in [0.29, 0.717) is 31.6 Å². The van der Waals surface area contributed by atoms with E-state index in [4.69, 9.17) is 4.84 Å². The van der Waals surface area contributed by atoms with E-state index in [0.717, 1.165) is 19.3 Å². The minimum absolute atomic E-state index is 0.00913. The SMILES string of the molecule is CCCC(=NOCC)C1C(=O)CC2(CCc3ccccc32)CC1=O. The molecule has 0 N–H and O–H groups in total. The van der Waals surface area contributed by atoms with Gasteiger partial charge in [-0.3, -0.25) is 9.59 Å². The van der Waals surface area contributed by atoms with E-state index in [1.54, 1.807) is 0 Å². The summed E-state index contributed by atoms with van der Waals surface area (Å²) in [6, 6.07) is 8.24. The highest BCUT2D eigenvalue weighted by atomic mass is 16.6. The van der Waals surface area contributed by atoms with Crippen LogP contribution in [0.2, 0.25) is 0 Å². The summed E-state index contributed by atoms with van der Waals surface area (Å²) in [6.45, 7) is 4.32. The monoisotopic (exact) mass is 327 g/mol. The fraction of sp³-hybridized carbons (Fsp3) is 0.550. The third-order valence-electron chi connectivity index (χ3n) is 5.28. The number of aryl methyl sites for hydroxylation is 1. The third kappa shape index (κ3) is 2.90. The zero-order valence-corrected chi connectivity index (χ0v) is 14.5. The molecule has 1 saturated carbocycles. The lowest BCUT2D eigenvalue weighted by molar-refractivity contribution is -0.135. The Morgan fingerprint density at radius 3 is 2.58 bits per heavy atom. The molecule has 0 unspecified atom stereocenters. The number of ketones is 2. The highest BCUT2D eigenvalue weighted by Crippen LogP contribution is 2.48. The van der Waals surface area contributed by atoms with Crippen LogP contribution < -0.4 is 0 Å². The maximum atomic E-state index is 12.9. The van der Waals surface area contributed by atoms with Crippen LogP contribution in [-0.4, -0.2) is 23.9 Å². The normalized spacial score (nSPS) is 26.8. The second-order valence-electron chi connectivity index (χ2n) is 6.91. The number of rotatable bonds is 5. The number of nitrogens with zero attached hydrogens (tertiary/aromatic N) is 1. The lowest BCUT2D eigenvalue weighted by Crippen LogP contribution is -2.45. The van der Waals surface area contributed by atoms with Crippen molar-refractivity contribution in [2.75, 3.05) is 6.61 Å². The maximum absolute atomic E-state index is 12.9. The Bertz CT molecular complexity index is 659. The molecule has 3 rings (SSSR count). The molecule has 4 nitrogen and oxygen atoms in total. The Morgan fingerprint density at radius 2 is 1.92 bits per heavy atom. The van der Waals surface area contributed by atoms with Crippen LogP contribution in [0, 0.1) is 5.92 Å². The number of fused-ring (bicyclic) bond motifs is 2. The van der Waals surface area contributed by atoms with Gasteiger partial charge in [-0.15, -0.1) is 0 Å². The van der Waals surface area contributed by atoms with Gasteiger partial charge < -0.3 is 4.84 Å². The summed E-state index contributed by atoms with van der Waals surface area (Å²) in [4.78, 5) is 31.0. The van der Waals surface area contributed by atoms with Crippen LogP contribution in [0.4, 0.5) is 0 Å². The fourth-order valence-electron chi connectivity index (χ4n) is 4.26. The molecule has 0 aliphatic heterocycles. The van der Waals surface area contributed by atoms with Crippen LogP contribution in [0.15, 0.2) is 29.4 Å². The van der Waals surface area contributed by atoms with Gasteiger partial charge in [0.15, 0.2) is 0 Å². The zero-order chi connectivity index (χ0) is 17.2. The van der Waals surface area contributed by atoms with E-state index in [9.17, 15) is 9.59 Å². The number of Topliss-reactive ketones (excluding diaryl/α,β-unsaturated/α-hetero) is 2. The molecule has 0 heterocycles. The molecule has 0 radical (unpaired) electrons. The molecular formula is C20H25NO3. The quantitative estimate of drug-likeness (QED) is 0.471. The van der Waals surface area contributed by atoms with Gasteiger partial charge in [-0.25, -0.2) is 0 Å². The van der Waals surface area contributed by atoms with Crippen LogP contribution in [-0.2, 0) is 26.3 Å². The average molecular weight is 327 g/mol. The number of benzene rings is 1. The molecule has 2 aliphatic carbocycles. The number of hydrogen-bond acceptors (Lipinski definition) is 4. The summed E-state index contributed by atoms with van der Waals surface area (Å²) in [5.41, 5.74) is 2.80. The first-order valence-electron chi connectivity index (χ1n) is 8.94. The smallest absolute Gasteiger partial charge is 0.150 e. The first-order valence-corrected chi connectivity index (χ1v) is 8.94. The van der Waals surface area contributed by atoms with E-state index in [1.807, 2.05) is 26.0 Å². The Labute approximate surface area is 143 Å². The standard InChI is InChI=1S/C20H25NO3/c1-3-7-16(21-24-4-2)19-17(22)12-20(13-18(19)23)11-10-14-8-5-6-9-15(14)20/h5-6,8-9,19H,3-4,7,10-13H2,1-2H3. The van der Waals surface area contributed by atoms with Gasteiger partial charge in [0.05, 0.1) is 5.71 Å². The van der Waals surface area contributed by atoms with Gasteiger partial charge in [-0.2, -0.15) is 0 Å². The van der Waals surface area contributed by atoms with Crippen molar-refractivity contribution >= 4 is 17.3 Å². The van der Waals surface area contributed by atoms with Crippen LogP contribution >= 0.6 is 0 Å². The first-order chi connectivity index (χ1) is 11.6. The van der Waals surface area contributed by atoms with E-state index in [2.05, 4.69) is 17.3 Å². The topological polar surface area (TPSA) is 55.7 Å². The average Bonchev–Trinajstić information content (AvgIpc) is 2.90. The van der Waals surface area contributed by atoms with Crippen LogP contribution in [0.3, 0.4) is 0 Å². The molecule has 1 fully saturated rings. The zero-order valence-electron chi connectivity index (χ0n) is 14.5. The van der Waals surface area contributed by atoms with Crippen molar-refractivity contribution in [2.24, 2.45) is 11.1 Å². The molecule has 4 heteroatoms. The minimum Gasteiger partial charge on any atom is -0.396 e. The second kappa shape index (κ2) is 6.88. The van der Waals surface area contributed by atoms with Gasteiger partial charge in [-0.1, -0.05) is 42.8 Å². The largest absolute Gasteiger partial charge is 0.396 e. The van der Waals surface area contributed by atoms with Crippen molar-refractivity contribution in [2.45, 2.75) is 57.8 Å². The van der Waals surface area contributed by atoms with Crippen molar-refractivity contribution in [3.63, 3.8) is 0 Å². The molecular weight excluding hydrogens is 302 g/mol. The lowest BCUT2D eigenvalue weighted by atomic mass is 9.65. The van der Waals surface area contributed by atoms with Gasteiger partial charge in [0.1, 0.15) is 24.1 Å². The van der Waals surface area contributed by atoms with E-state index in [1.165, 1.54) is 11.1 Å².